The molecule has 1 aliphatic rings. The van der Waals surface area contributed by atoms with Gasteiger partial charge in [-0.05, 0) is 12.8 Å². The van der Waals surface area contributed by atoms with E-state index >= 15 is 0 Å². The number of esters is 1. The van der Waals surface area contributed by atoms with E-state index in [4.69, 9.17) is 4.74 Å². The first kappa shape index (κ1) is 17.5. The SMILES string of the molecule is COC(=O)C1CN(C(=O)C(C)NC(=O)C(C)(C)C)CC1C. The summed E-state index contributed by atoms with van der Waals surface area (Å²) in [7, 11) is 1.35. The molecule has 0 aromatic carbocycles. The number of nitrogens with zero attached hydrogens (tertiary/aromatic N) is 1. The van der Waals surface area contributed by atoms with Crippen LogP contribution in [0, 0.1) is 17.3 Å². The van der Waals surface area contributed by atoms with Gasteiger partial charge in [-0.15, -0.1) is 0 Å². The van der Waals surface area contributed by atoms with Gasteiger partial charge in [-0.1, -0.05) is 27.7 Å². The molecule has 3 atom stereocenters. The molecule has 0 aromatic heterocycles. The summed E-state index contributed by atoms with van der Waals surface area (Å²) in [5.41, 5.74) is -0.540. The van der Waals surface area contributed by atoms with Crippen LogP contribution in [0.3, 0.4) is 0 Å². The Morgan fingerprint density at radius 2 is 1.81 bits per heavy atom. The number of methoxy groups -OCH3 is 1. The largest absolute Gasteiger partial charge is 0.469 e. The van der Waals surface area contributed by atoms with Crippen molar-refractivity contribution in [3.05, 3.63) is 0 Å². The Morgan fingerprint density at radius 1 is 1.24 bits per heavy atom. The molecule has 1 heterocycles. The second-order valence-electron chi connectivity index (χ2n) is 6.80. The van der Waals surface area contributed by atoms with E-state index in [-0.39, 0.29) is 29.6 Å². The van der Waals surface area contributed by atoms with Crippen LogP contribution in [-0.2, 0) is 19.1 Å². The minimum Gasteiger partial charge on any atom is -0.469 e. The average molecular weight is 298 g/mol. The molecule has 0 aromatic rings. The van der Waals surface area contributed by atoms with Gasteiger partial charge in [0.25, 0.3) is 0 Å². The van der Waals surface area contributed by atoms with Gasteiger partial charge in [-0.2, -0.15) is 0 Å². The lowest BCUT2D eigenvalue weighted by atomic mass is 9.95. The van der Waals surface area contributed by atoms with Crippen molar-refractivity contribution in [3.8, 4) is 0 Å². The Labute approximate surface area is 126 Å². The van der Waals surface area contributed by atoms with Gasteiger partial charge in [0.05, 0.1) is 13.0 Å². The number of hydrogen-bond acceptors (Lipinski definition) is 4. The summed E-state index contributed by atoms with van der Waals surface area (Å²) < 4.78 is 4.76. The van der Waals surface area contributed by atoms with Crippen LogP contribution in [0.4, 0.5) is 0 Å². The van der Waals surface area contributed by atoms with Crippen molar-refractivity contribution in [2.45, 2.75) is 40.7 Å². The molecule has 0 radical (unpaired) electrons. The summed E-state index contributed by atoms with van der Waals surface area (Å²) >= 11 is 0. The molecule has 2 amide bonds. The average Bonchev–Trinajstić information content (AvgIpc) is 2.77. The lowest BCUT2D eigenvalue weighted by molar-refractivity contribution is -0.146. The minimum atomic E-state index is -0.597. The highest BCUT2D eigenvalue weighted by molar-refractivity contribution is 5.90. The summed E-state index contributed by atoms with van der Waals surface area (Å²) in [5.74, 6) is -0.841. The molecule has 0 aliphatic carbocycles. The summed E-state index contributed by atoms with van der Waals surface area (Å²) in [6.45, 7) is 9.84. The van der Waals surface area contributed by atoms with Crippen LogP contribution in [0.1, 0.15) is 34.6 Å². The molecule has 6 nitrogen and oxygen atoms in total. The third-order valence-electron chi connectivity index (χ3n) is 3.83. The van der Waals surface area contributed by atoms with Crippen molar-refractivity contribution < 1.29 is 19.1 Å². The summed E-state index contributed by atoms with van der Waals surface area (Å²) in [4.78, 5) is 37.6. The molecular formula is C15H26N2O4. The van der Waals surface area contributed by atoms with Gasteiger partial charge in [-0.25, -0.2) is 0 Å². The van der Waals surface area contributed by atoms with Gasteiger partial charge >= 0.3 is 5.97 Å². The molecule has 0 bridgehead atoms. The fourth-order valence-corrected chi connectivity index (χ4v) is 2.35. The number of nitrogens with one attached hydrogen (secondary N) is 1. The van der Waals surface area contributed by atoms with Crippen molar-refractivity contribution in [2.24, 2.45) is 17.3 Å². The fourth-order valence-electron chi connectivity index (χ4n) is 2.35. The monoisotopic (exact) mass is 298 g/mol. The van der Waals surface area contributed by atoms with Gasteiger partial charge in [-0.3, -0.25) is 14.4 Å². The molecule has 1 rings (SSSR count). The Kier molecular flexibility index (Phi) is 5.36. The molecular weight excluding hydrogens is 272 g/mol. The van der Waals surface area contributed by atoms with E-state index in [1.165, 1.54) is 7.11 Å². The van der Waals surface area contributed by atoms with E-state index in [0.717, 1.165) is 0 Å². The Bertz CT molecular complexity index is 428. The molecule has 120 valence electrons. The van der Waals surface area contributed by atoms with Crippen LogP contribution in [0.5, 0.6) is 0 Å². The second kappa shape index (κ2) is 6.45. The van der Waals surface area contributed by atoms with Gasteiger partial charge in [0, 0.05) is 18.5 Å². The van der Waals surface area contributed by atoms with Crippen molar-refractivity contribution in [2.75, 3.05) is 20.2 Å². The van der Waals surface area contributed by atoms with Gasteiger partial charge in [0.15, 0.2) is 0 Å². The lowest BCUT2D eigenvalue weighted by Crippen LogP contribution is -2.49. The summed E-state index contributed by atoms with van der Waals surface area (Å²) in [6, 6.07) is -0.597. The number of amides is 2. The molecule has 0 spiro atoms. The van der Waals surface area contributed by atoms with E-state index in [0.29, 0.717) is 13.1 Å². The first-order chi connectivity index (χ1) is 9.57. The van der Waals surface area contributed by atoms with E-state index in [9.17, 15) is 14.4 Å². The summed E-state index contributed by atoms with van der Waals surface area (Å²) in [6.07, 6.45) is 0. The maximum atomic E-state index is 12.4. The predicted octanol–water partition coefficient (Wildman–Crippen LogP) is 0.805. The maximum absolute atomic E-state index is 12.4. The molecule has 0 saturated carbocycles. The highest BCUT2D eigenvalue weighted by atomic mass is 16.5. The van der Waals surface area contributed by atoms with Crippen molar-refractivity contribution in [3.63, 3.8) is 0 Å². The topological polar surface area (TPSA) is 75.7 Å². The molecule has 1 N–H and O–H groups in total. The third kappa shape index (κ3) is 4.19. The predicted molar refractivity (Wildman–Crippen MR) is 78.3 cm³/mol. The van der Waals surface area contributed by atoms with Crippen LogP contribution >= 0.6 is 0 Å². The molecule has 6 heteroatoms. The fraction of sp³-hybridized carbons (Fsp3) is 0.800. The zero-order valence-electron chi connectivity index (χ0n) is 13.7. The van der Waals surface area contributed by atoms with Gasteiger partial charge in [0.1, 0.15) is 6.04 Å². The van der Waals surface area contributed by atoms with Gasteiger partial charge < -0.3 is 15.0 Å². The first-order valence-corrected chi connectivity index (χ1v) is 7.25. The Hall–Kier alpha value is -1.59. The zero-order chi connectivity index (χ0) is 16.4. The first-order valence-electron chi connectivity index (χ1n) is 7.25. The number of carbonyl (C=O) groups excluding carboxylic acids is 3. The Morgan fingerprint density at radius 3 is 2.29 bits per heavy atom. The quantitative estimate of drug-likeness (QED) is 0.782. The zero-order valence-corrected chi connectivity index (χ0v) is 13.7. The van der Waals surface area contributed by atoms with Crippen molar-refractivity contribution in [1.82, 2.24) is 10.2 Å². The van der Waals surface area contributed by atoms with Crippen LogP contribution in [0.25, 0.3) is 0 Å². The number of likely N-dealkylation sites (tertiary alicyclic amines) is 1. The highest BCUT2D eigenvalue weighted by Gasteiger charge is 2.39. The molecule has 1 aliphatic heterocycles. The summed E-state index contributed by atoms with van der Waals surface area (Å²) in [5, 5.41) is 2.72. The van der Waals surface area contributed by atoms with Crippen LogP contribution in [-0.4, -0.2) is 48.9 Å². The molecule has 21 heavy (non-hydrogen) atoms. The number of hydrogen-bond donors (Lipinski definition) is 1. The Balaban J connectivity index is 2.64. The van der Waals surface area contributed by atoms with Crippen molar-refractivity contribution >= 4 is 17.8 Å². The standard InChI is InChI=1S/C15H26N2O4/c1-9-7-17(8-11(9)13(19)21-6)12(18)10(2)16-14(20)15(3,4)5/h9-11H,7-8H2,1-6H3,(H,16,20). The van der Waals surface area contributed by atoms with Crippen LogP contribution in [0.15, 0.2) is 0 Å². The van der Waals surface area contributed by atoms with Crippen molar-refractivity contribution in [1.29, 1.82) is 0 Å². The highest BCUT2D eigenvalue weighted by Crippen LogP contribution is 2.24. The van der Waals surface area contributed by atoms with E-state index < -0.39 is 11.5 Å². The van der Waals surface area contributed by atoms with Crippen LogP contribution < -0.4 is 5.32 Å². The van der Waals surface area contributed by atoms with E-state index in [2.05, 4.69) is 5.32 Å². The lowest BCUT2D eigenvalue weighted by Gasteiger charge is -2.25. The minimum absolute atomic E-state index is 0.0620. The third-order valence-corrected chi connectivity index (χ3v) is 3.83. The van der Waals surface area contributed by atoms with E-state index in [1.807, 2.05) is 6.92 Å². The van der Waals surface area contributed by atoms with Crippen LogP contribution in [0.2, 0.25) is 0 Å². The van der Waals surface area contributed by atoms with Gasteiger partial charge in [0.2, 0.25) is 11.8 Å². The molecule has 3 unspecified atom stereocenters. The number of ether oxygens (including phenoxy) is 1. The normalized spacial score (nSPS) is 23.6. The molecule has 1 fully saturated rings. The number of carbonyl (C=O) groups is 3. The van der Waals surface area contributed by atoms with E-state index in [1.54, 1.807) is 32.6 Å². The number of rotatable bonds is 3. The smallest absolute Gasteiger partial charge is 0.310 e. The maximum Gasteiger partial charge on any atom is 0.310 e. The second-order valence-corrected chi connectivity index (χ2v) is 6.80. The molecule has 1 saturated heterocycles.